The minimum Gasteiger partial charge on any atom is -0.314 e. The molecular formula is C12H13F4IN2. The van der Waals surface area contributed by atoms with Crippen LogP contribution in [0.15, 0.2) is 18.2 Å². The first-order valence-corrected chi connectivity index (χ1v) is 6.94. The Morgan fingerprint density at radius 3 is 2.42 bits per heavy atom. The van der Waals surface area contributed by atoms with E-state index in [0.29, 0.717) is 16.7 Å². The molecule has 7 heteroatoms. The fourth-order valence-electron chi connectivity index (χ4n) is 2.24. The standard InChI is InChI=1S/C12H13F4IN2/c13-10-2-1-8(17)7-9(10)11(12(14,15)16)19-5-3-18-4-6-19/h1-2,7,11,18H,3-6H2/t11-/m1/s1. The van der Waals surface area contributed by atoms with E-state index in [1.807, 2.05) is 22.6 Å². The maximum atomic E-state index is 13.8. The molecule has 0 bridgehead atoms. The maximum absolute atomic E-state index is 13.8. The van der Waals surface area contributed by atoms with E-state index in [9.17, 15) is 17.6 Å². The van der Waals surface area contributed by atoms with Crippen LogP contribution in [0, 0.1) is 9.39 Å². The summed E-state index contributed by atoms with van der Waals surface area (Å²) in [7, 11) is 0. The summed E-state index contributed by atoms with van der Waals surface area (Å²) >= 11 is 1.89. The van der Waals surface area contributed by atoms with Gasteiger partial charge in [0.1, 0.15) is 11.9 Å². The third-order valence-electron chi connectivity index (χ3n) is 3.08. The molecule has 1 saturated heterocycles. The molecule has 1 atom stereocenters. The van der Waals surface area contributed by atoms with Gasteiger partial charge in [0.25, 0.3) is 0 Å². The van der Waals surface area contributed by atoms with Gasteiger partial charge < -0.3 is 5.32 Å². The van der Waals surface area contributed by atoms with Crippen molar-refractivity contribution in [3.05, 3.63) is 33.1 Å². The van der Waals surface area contributed by atoms with Crippen LogP contribution < -0.4 is 5.32 Å². The molecule has 0 radical (unpaired) electrons. The molecule has 0 unspecified atom stereocenters. The molecule has 106 valence electrons. The molecule has 0 aliphatic carbocycles. The summed E-state index contributed by atoms with van der Waals surface area (Å²) in [5, 5.41) is 2.99. The van der Waals surface area contributed by atoms with Gasteiger partial charge in [0, 0.05) is 35.3 Å². The van der Waals surface area contributed by atoms with E-state index in [2.05, 4.69) is 5.32 Å². The van der Waals surface area contributed by atoms with Crippen LogP contribution in [0.5, 0.6) is 0 Å². The second kappa shape index (κ2) is 5.92. The molecule has 0 amide bonds. The molecule has 1 aromatic rings. The normalized spacial score (nSPS) is 19.4. The molecular weight excluding hydrogens is 375 g/mol. The lowest BCUT2D eigenvalue weighted by molar-refractivity contribution is -0.188. The predicted octanol–water partition coefficient (Wildman–Crippen LogP) is 2.94. The summed E-state index contributed by atoms with van der Waals surface area (Å²) < 4.78 is 54.2. The van der Waals surface area contributed by atoms with Crippen molar-refractivity contribution in [2.45, 2.75) is 12.2 Å². The molecule has 1 aliphatic rings. The third kappa shape index (κ3) is 3.57. The van der Waals surface area contributed by atoms with Crippen molar-refractivity contribution in [3.63, 3.8) is 0 Å². The van der Waals surface area contributed by atoms with Crippen LogP contribution in [0.2, 0.25) is 0 Å². The highest BCUT2D eigenvalue weighted by Crippen LogP contribution is 2.39. The van der Waals surface area contributed by atoms with Gasteiger partial charge in [-0.15, -0.1) is 0 Å². The van der Waals surface area contributed by atoms with Gasteiger partial charge in [-0.1, -0.05) is 0 Å². The van der Waals surface area contributed by atoms with Crippen molar-refractivity contribution in [1.82, 2.24) is 10.2 Å². The molecule has 2 rings (SSSR count). The average Bonchev–Trinajstić information content (AvgIpc) is 2.33. The van der Waals surface area contributed by atoms with E-state index < -0.39 is 18.0 Å². The Labute approximate surface area is 122 Å². The van der Waals surface area contributed by atoms with Crippen LogP contribution in [0.3, 0.4) is 0 Å². The van der Waals surface area contributed by atoms with Crippen molar-refractivity contribution in [2.75, 3.05) is 26.2 Å². The highest BCUT2D eigenvalue weighted by molar-refractivity contribution is 14.1. The monoisotopic (exact) mass is 388 g/mol. The van der Waals surface area contributed by atoms with Gasteiger partial charge >= 0.3 is 6.18 Å². The number of alkyl halides is 3. The van der Waals surface area contributed by atoms with Crippen molar-refractivity contribution in [3.8, 4) is 0 Å². The third-order valence-corrected chi connectivity index (χ3v) is 3.75. The first-order chi connectivity index (χ1) is 8.89. The summed E-state index contributed by atoms with van der Waals surface area (Å²) in [4.78, 5) is 1.28. The second-order valence-electron chi connectivity index (χ2n) is 4.40. The topological polar surface area (TPSA) is 15.3 Å². The Hall–Kier alpha value is -0.410. The molecule has 1 aromatic carbocycles. The summed E-state index contributed by atoms with van der Waals surface area (Å²) in [6.07, 6.45) is -4.48. The van der Waals surface area contributed by atoms with Crippen LogP contribution in [0.1, 0.15) is 11.6 Å². The molecule has 1 fully saturated rings. The quantitative estimate of drug-likeness (QED) is 0.619. The highest BCUT2D eigenvalue weighted by atomic mass is 127. The zero-order chi connectivity index (χ0) is 14.0. The Balaban J connectivity index is 2.39. The van der Waals surface area contributed by atoms with Gasteiger partial charge in [-0.2, -0.15) is 13.2 Å². The smallest absolute Gasteiger partial charge is 0.314 e. The first kappa shape index (κ1) is 15.0. The van der Waals surface area contributed by atoms with Crippen molar-refractivity contribution >= 4 is 22.6 Å². The lowest BCUT2D eigenvalue weighted by atomic mass is 10.0. The molecule has 0 aromatic heterocycles. The van der Waals surface area contributed by atoms with E-state index >= 15 is 0 Å². The van der Waals surface area contributed by atoms with Gasteiger partial charge in [0.2, 0.25) is 0 Å². The van der Waals surface area contributed by atoms with Crippen LogP contribution in [0.4, 0.5) is 17.6 Å². The zero-order valence-electron chi connectivity index (χ0n) is 9.97. The first-order valence-electron chi connectivity index (χ1n) is 5.86. The van der Waals surface area contributed by atoms with Crippen LogP contribution in [-0.2, 0) is 0 Å². The number of piperazine rings is 1. The fourth-order valence-corrected chi connectivity index (χ4v) is 2.76. The van der Waals surface area contributed by atoms with E-state index in [-0.39, 0.29) is 18.7 Å². The Morgan fingerprint density at radius 1 is 1.21 bits per heavy atom. The molecule has 1 N–H and O–H groups in total. The molecule has 2 nitrogen and oxygen atoms in total. The average molecular weight is 388 g/mol. The minimum absolute atomic E-state index is 0.259. The molecule has 0 saturated carbocycles. The van der Waals surface area contributed by atoms with Gasteiger partial charge in [-0.3, -0.25) is 4.90 Å². The number of rotatable bonds is 2. The Morgan fingerprint density at radius 2 is 1.84 bits per heavy atom. The van der Waals surface area contributed by atoms with Crippen LogP contribution >= 0.6 is 22.6 Å². The Kier molecular flexibility index (Phi) is 4.67. The van der Waals surface area contributed by atoms with Gasteiger partial charge in [0.05, 0.1) is 0 Å². The SMILES string of the molecule is Fc1ccc(I)cc1[C@@H](N1CCNCC1)C(F)(F)F. The zero-order valence-corrected chi connectivity index (χ0v) is 12.1. The lowest BCUT2D eigenvalue weighted by Gasteiger charge is -2.36. The van der Waals surface area contributed by atoms with Crippen molar-refractivity contribution in [1.29, 1.82) is 0 Å². The highest BCUT2D eigenvalue weighted by Gasteiger charge is 2.46. The summed E-state index contributed by atoms with van der Waals surface area (Å²) in [6, 6.07) is 1.96. The lowest BCUT2D eigenvalue weighted by Crippen LogP contribution is -2.49. The van der Waals surface area contributed by atoms with Gasteiger partial charge in [0.15, 0.2) is 0 Å². The molecule has 0 spiro atoms. The van der Waals surface area contributed by atoms with Crippen molar-refractivity contribution in [2.24, 2.45) is 0 Å². The number of hydrogen-bond donors (Lipinski definition) is 1. The van der Waals surface area contributed by atoms with Gasteiger partial charge in [-0.05, 0) is 40.8 Å². The van der Waals surface area contributed by atoms with E-state index in [4.69, 9.17) is 0 Å². The molecule has 1 heterocycles. The number of halogens is 5. The number of benzene rings is 1. The predicted molar refractivity (Wildman–Crippen MR) is 72.4 cm³/mol. The van der Waals surface area contributed by atoms with Crippen LogP contribution in [0.25, 0.3) is 0 Å². The second-order valence-corrected chi connectivity index (χ2v) is 5.64. The summed E-state index contributed by atoms with van der Waals surface area (Å²) in [5.41, 5.74) is -0.290. The molecule has 1 aliphatic heterocycles. The van der Waals surface area contributed by atoms with Crippen molar-refractivity contribution < 1.29 is 17.6 Å². The van der Waals surface area contributed by atoms with E-state index in [1.165, 1.54) is 17.0 Å². The van der Waals surface area contributed by atoms with E-state index in [0.717, 1.165) is 6.07 Å². The van der Waals surface area contributed by atoms with E-state index in [1.54, 1.807) is 0 Å². The number of hydrogen-bond acceptors (Lipinski definition) is 2. The largest absolute Gasteiger partial charge is 0.408 e. The number of nitrogens with zero attached hydrogens (tertiary/aromatic N) is 1. The molecule has 19 heavy (non-hydrogen) atoms. The Bertz CT molecular complexity index is 444. The van der Waals surface area contributed by atoms with Crippen LogP contribution in [-0.4, -0.2) is 37.3 Å². The van der Waals surface area contributed by atoms with Gasteiger partial charge in [-0.25, -0.2) is 4.39 Å². The summed E-state index contributed by atoms with van der Waals surface area (Å²) in [6.45, 7) is 1.49. The minimum atomic E-state index is -4.48. The fraction of sp³-hybridized carbons (Fsp3) is 0.500. The number of nitrogens with one attached hydrogen (secondary N) is 1. The maximum Gasteiger partial charge on any atom is 0.408 e. The summed E-state index contributed by atoms with van der Waals surface area (Å²) in [5.74, 6) is -0.804.